The van der Waals surface area contributed by atoms with Gasteiger partial charge in [0.15, 0.2) is 0 Å². The predicted molar refractivity (Wildman–Crippen MR) is 102 cm³/mol. The molecule has 0 aliphatic heterocycles. The van der Waals surface area contributed by atoms with Crippen LogP contribution in [0.1, 0.15) is 15.9 Å². The first-order valence-electron chi connectivity index (χ1n) is 8.14. The van der Waals surface area contributed by atoms with Gasteiger partial charge in [-0.1, -0.05) is 12.1 Å². The summed E-state index contributed by atoms with van der Waals surface area (Å²) in [4.78, 5) is 11.8. The standard InChI is InChI=1S/C19H19N3O4S/c1-22-18(11-12-20-22)15-7-9-17(10-8-15)26-13-14-3-5-16(6-4-14)19(23)21-27(2,24)25/h3-12H,13H2,1-2H3,(H,21,23). The highest BCUT2D eigenvalue weighted by atomic mass is 32.2. The summed E-state index contributed by atoms with van der Waals surface area (Å²) >= 11 is 0. The van der Waals surface area contributed by atoms with E-state index in [1.165, 1.54) is 0 Å². The van der Waals surface area contributed by atoms with Crippen LogP contribution < -0.4 is 9.46 Å². The second kappa shape index (κ2) is 7.63. The highest BCUT2D eigenvalue weighted by molar-refractivity contribution is 7.89. The fraction of sp³-hybridized carbons (Fsp3) is 0.158. The van der Waals surface area contributed by atoms with Crippen LogP contribution in [0.2, 0.25) is 0 Å². The number of sulfonamides is 1. The lowest BCUT2D eigenvalue weighted by molar-refractivity contribution is 0.0981. The molecule has 2 aromatic carbocycles. The lowest BCUT2D eigenvalue weighted by atomic mass is 10.1. The summed E-state index contributed by atoms with van der Waals surface area (Å²) in [5.41, 5.74) is 3.19. The summed E-state index contributed by atoms with van der Waals surface area (Å²) in [5.74, 6) is 0.0653. The molecule has 0 saturated heterocycles. The van der Waals surface area contributed by atoms with E-state index in [9.17, 15) is 13.2 Å². The Kier molecular flexibility index (Phi) is 5.27. The largest absolute Gasteiger partial charge is 0.489 e. The zero-order valence-electron chi connectivity index (χ0n) is 14.9. The van der Waals surface area contributed by atoms with Crippen molar-refractivity contribution in [2.45, 2.75) is 6.61 Å². The summed E-state index contributed by atoms with van der Waals surface area (Å²) in [7, 11) is -1.69. The smallest absolute Gasteiger partial charge is 0.264 e. The Labute approximate surface area is 157 Å². The van der Waals surface area contributed by atoms with Gasteiger partial charge in [-0.05, 0) is 48.0 Å². The highest BCUT2D eigenvalue weighted by Gasteiger charge is 2.10. The summed E-state index contributed by atoms with van der Waals surface area (Å²) < 4.78 is 31.7. The van der Waals surface area contributed by atoms with Gasteiger partial charge in [0.2, 0.25) is 10.0 Å². The van der Waals surface area contributed by atoms with Crippen molar-refractivity contribution < 1.29 is 17.9 Å². The molecule has 0 radical (unpaired) electrons. The van der Waals surface area contributed by atoms with Crippen molar-refractivity contribution in [2.75, 3.05) is 6.26 Å². The van der Waals surface area contributed by atoms with E-state index in [4.69, 9.17) is 4.74 Å². The summed E-state index contributed by atoms with van der Waals surface area (Å²) in [5, 5.41) is 4.15. The van der Waals surface area contributed by atoms with Gasteiger partial charge in [0.25, 0.3) is 5.91 Å². The number of benzene rings is 2. The second-order valence-electron chi connectivity index (χ2n) is 6.05. The lowest BCUT2D eigenvalue weighted by Crippen LogP contribution is -2.29. The van der Waals surface area contributed by atoms with Gasteiger partial charge in [-0.2, -0.15) is 5.10 Å². The van der Waals surface area contributed by atoms with Crippen LogP contribution in [-0.4, -0.2) is 30.4 Å². The molecule has 3 aromatic rings. The van der Waals surface area contributed by atoms with Crippen molar-refractivity contribution in [2.24, 2.45) is 7.05 Å². The van der Waals surface area contributed by atoms with Crippen LogP contribution in [-0.2, 0) is 23.7 Å². The van der Waals surface area contributed by atoms with Gasteiger partial charge < -0.3 is 4.74 Å². The highest BCUT2D eigenvalue weighted by Crippen LogP contribution is 2.22. The fourth-order valence-corrected chi connectivity index (χ4v) is 2.98. The molecule has 140 valence electrons. The van der Waals surface area contributed by atoms with Gasteiger partial charge in [-0.15, -0.1) is 0 Å². The Morgan fingerprint density at radius 1 is 1.07 bits per heavy atom. The molecule has 7 nitrogen and oxygen atoms in total. The van der Waals surface area contributed by atoms with Gasteiger partial charge in [0.1, 0.15) is 12.4 Å². The number of amides is 1. The molecule has 0 saturated carbocycles. The maximum absolute atomic E-state index is 11.8. The number of nitrogens with one attached hydrogen (secondary N) is 1. The Balaban J connectivity index is 1.60. The number of nitrogens with zero attached hydrogens (tertiary/aromatic N) is 2. The average Bonchev–Trinajstić information content (AvgIpc) is 3.05. The third-order valence-corrected chi connectivity index (χ3v) is 4.43. The number of carbonyl (C=O) groups excluding carboxylic acids is 1. The minimum Gasteiger partial charge on any atom is -0.489 e. The monoisotopic (exact) mass is 385 g/mol. The SMILES string of the molecule is Cn1nccc1-c1ccc(OCc2ccc(C(=O)NS(C)(=O)=O)cc2)cc1. The van der Waals surface area contributed by atoms with Gasteiger partial charge in [0.05, 0.1) is 11.9 Å². The molecule has 0 atom stereocenters. The van der Waals surface area contributed by atoms with Crippen molar-refractivity contribution in [1.82, 2.24) is 14.5 Å². The third kappa shape index (κ3) is 4.95. The van der Waals surface area contributed by atoms with Gasteiger partial charge in [-0.25, -0.2) is 13.1 Å². The van der Waals surface area contributed by atoms with Gasteiger partial charge in [-0.3, -0.25) is 9.48 Å². The molecule has 0 spiro atoms. The maximum Gasteiger partial charge on any atom is 0.264 e. The van der Waals surface area contributed by atoms with Crippen molar-refractivity contribution in [3.05, 3.63) is 71.9 Å². The van der Waals surface area contributed by atoms with E-state index in [-0.39, 0.29) is 5.56 Å². The van der Waals surface area contributed by atoms with E-state index in [0.717, 1.165) is 28.8 Å². The summed E-state index contributed by atoms with van der Waals surface area (Å²) in [6.45, 7) is 0.332. The average molecular weight is 385 g/mol. The zero-order valence-corrected chi connectivity index (χ0v) is 15.7. The minimum absolute atomic E-state index is 0.268. The van der Waals surface area contributed by atoms with E-state index in [1.807, 2.05) is 42.1 Å². The molecule has 1 aromatic heterocycles. The van der Waals surface area contributed by atoms with Crippen LogP contribution in [0, 0.1) is 0 Å². The normalized spacial score (nSPS) is 11.2. The van der Waals surface area contributed by atoms with E-state index in [1.54, 1.807) is 35.1 Å². The molecule has 0 fully saturated rings. The number of hydrogen-bond donors (Lipinski definition) is 1. The first kappa shape index (κ1) is 18.7. The maximum atomic E-state index is 11.8. The second-order valence-corrected chi connectivity index (χ2v) is 7.80. The topological polar surface area (TPSA) is 90.3 Å². The van der Waals surface area contributed by atoms with E-state index in [0.29, 0.717) is 6.61 Å². The Hall–Kier alpha value is -3.13. The zero-order chi connectivity index (χ0) is 19.4. The first-order chi connectivity index (χ1) is 12.8. The Morgan fingerprint density at radius 2 is 1.74 bits per heavy atom. The van der Waals surface area contributed by atoms with Crippen molar-refractivity contribution in [3.8, 4) is 17.0 Å². The van der Waals surface area contributed by atoms with Gasteiger partial charge >= 0.3 is 0 Å². The number of carbonyl (C=O) groups is 1. The van der Waals surface area contributed by atoms with Crippen molar-refractivity contribution in [3.63, 3.8) is 0 Å². The number of aromatic nitrogens is 2. The summed E-state index contributed by atoms with van der Waals surface area (Å²) in [6.07, 6.45) is 2.69. The molecule has 0 bridgehead atoms. The molecule has 1 heterocycles. The molecular weight excluding hydrogens is 366 g/mol. The number of hydrogen-bond acceptors (Lipinski definition) is 5. The molecular formula is C19H19N3O4S. The van der Waals surface area contributed by atoms with Crippen LogP contribution in [0.25, 0.3) is 11.3 Å². The Bertz CT molecular complexity index is 1040. The van der Waals surface area contributed by atoms with Crippen LogP contribution in [0.5, 0.6) is 5.75 Å². The molecule has 0 unspecified atom stereocenters. The molecule has 0 aliphatic rings. The number of rotatable bonds is 6. The van der Waals surface area contributed by atoms with Crippen molar-refractivity contribution >= 4 is 15.9 Å². The quantitative estimate of drug-likeness (QED) is 0.703. The van der Waals surface area contributed by atoms with E-state index in [2.05, 4.69) is 5.10 Å². The van der Waals surface area contributed by atoms with E-state index >= 15 is 0 Å². The molecule has 0 aliphatic carbocycles. The fourth-order valence-electron chi connectivity index (χ4n) is 2.53. The minimum atomic E-state index is -3.58. The number of aryl methyl sites for hydroxylation is 1. The van der Waals surface area contributed by atoms with Gasteiger partial charge in [0, 0.05) is 24.4 Å². The van der Waals surface area contributed by atoms with E-state index < -0.39 is 15.9 Å². The third-order valence-electron chi connectivity index (χ3n) is 3.87. The molecule has 3 rings (SSSR count). The van der Waals surface area contributed by atoms with Crippen LogP contribution in [0.15, 0.2) is 60.8 Å². The van der Waals surface area contributed by atoms with Crippen LogP contribution in [0.4, 0.5) is 0 Å². The Morgan fingerprint density at radius 3 is 2.30 bits per heavy atom. The molecule has 1 N–H and O–H groups in total. The van der Waals surface area contributed by atoms with Crippen LogP contribution in [0.3, 0.4) is 0 Å². The first-order valence-corrected chi connectivity index (χ1v) is 10.0. The van der Waals surface area contributed by atoms with Crippen LogP contribution >= 0.6 is 0 Å². The lowest BCUT2D eigenvalue weighted by Gasteiger charge is -2.08. The predicted octanol–water partition coefficient (Wildman–Crippen LogP) is 2.36. The number of ether oxygens (including phenoxy) is 1. The molecule has 27 heavy (non-hydrogen) atoms. The molecule has 1 amide bonds. The molecule has 8 heteroatoms. The van der Waals surface area contributed by atoms with Crippen molar-refractivity contribution in [1.29, 1.82) is 0 Å². The summed E-state index contributed by atoms with van der Waals surface area (Å²) in [6, 6.07) is 16.2.